The van der Waals surface area contributed by atoms with Gasteiger partial charge in [0.25, 0.3) is 0 Å². The van der Waals surface area contributed by atoms with Gasteiger partial charge < -0.3 is 47.4 Å². The van der Waals surface area contributed by atoms with Crippen LogP contribution in [0.15, 0.2) is 267 Å². The van der Waals surface area contributed by atoms with Gasteiger partial charge in [0.2, 0.25) is 11.6 Å². The van der Waals surface area contributed by atoms with Crippen LogP contribution in [-0.4, -0.2) is 60.9 Å². The molecule has 0 aromatic heterocycles. The third-order valence-electron chi connectivity index (χ3n) is 22.3. The van der Waals surface area contributed by atoms with E-state index in [-0.39, 0.29) is 105 Å². The lowest BCUT2D eigenvalue weighted by molar-refractivity contribution is 0.0974. The molecule has 129 heavy (non-hydrogen) atoms. The predicted octanol–water partition coefficient (Wildman–Crippen LogP) is 28.3. The number of phenols is 4. The number of aryl methyl sites for hydroxylation is 1. The van der Waals surface area contributed by atoms with Crippen molar-refractivity contribution in [2.45, 2.75) is 176 Å². The second-order valence-electron chi connectivity index (χ2n) is 36.8. The van der Waals surface area contributed by atoms with Gasteiger partial charge >= 0.3 is 0 Å². The molecule has 3 aliphatic carbocycles. The number of thiol groups is 2. The summed E-state index contributed by atoms with van der Waals surface area (Å²) in [6.07, 6.45) is 0.638. The van der Waals surface area contributed by atoms with Crippen molar-refractivity contribution in [3.05, 3.63) is 353 Å². The molecule has 15 nitrogen and oxygen atoms in total. The fraction of sp³-hybridized carbons (Fsp3) is 0.222. The van der Waals surface area contributed by atoms with Gasteiger partial charge in [-0.3, -0.25) is 28.8 Å². The lowest BCUT2D eigenvalue weighted by Crippen LogP contribution is -2.25. The number of carbonyl (C=O) groups is 6. The number of hydrogen-bond donors (Lipinski definition) is 11. The molecule has 10 N–H and O–H groups in total. The van der Waals surface area contributed by atoms with E-state index in [0.29, 0.717) is 51.4 Å². The van der Waals surface area contributed by atoms with Crippen LogP contribution in [0.5, 0.6) is 23.0 Å². The summed E-state index contributed by atoms with van der Waals surface area (Å²) in [4.78, 5) is 87.5. The van der Waals surface area contributed by atoms with Crippen molar-refractivity contribution in [3.8, 4) is 23.0 Å². The first kappa shape index (κ1) is 96.1. The van der Waals surface area contributed by atoms with Crippen LogP contribution in [0, 0.1) is 0 Å². The van der Waals surface area contributed by atoms with Crippen LogP contribution in [0.3, 0.4) is 0 Å². The van der Waals surface area contributed by atoms with Gasteiger partial charge in [0.15, 0.2) is 23.1 Å². The highest BCUT2D eigenvalue weighted by Gasteiger charge is 2.42. The number of ketones is 6. The van der Waals surface area contributed by atoms with E-state index in [1.54, 1.807) is 35.7 Å². The van der Waals surface area contributed by atoms with E-state index in [9.17, 15) is 44.4 Å². The van der Waals surface area contributed by atoms with Crippen molar-refractivity contribution < 1.29 is 49.2 Å². The third-order valence-corrected chi connectivity index (χ3v) is 25.4. The van der Waals surface area contributed by atoms with Gasteiger partial charge in [-0.05, 0) is 236 Å². The van der Waals surface area contributed by atoms with Gasteiger partial charge in [0.1, 0.15) is 23.0 Å². The summed E-state index contributed by atoms with van der Waals surface area (Å²) in [6, 6.07) is 75.4. The Morgan fingerprint density at radius 2 is 0.589 bits per heavy atom. The number of phenolic OH excluding ortho intramolecular Hbond substituents is 4. The highest BCUT2D eigenvalue weighted by molar-refractivity contribution is 8.00. The number of carbonyl (C=O) groups excluding carboxylic acids is 6. The molecule has 16 rings (SSSR count). The average Bonchev–Trinajstić information content (AvgIpc) is 0.702. The molecule has 0 unspecified atom stereocenters. The maximum absolute atomic E-state index is 15.0. The largest absolute Gasteiger partial charge is 0.507 e. The molecule has 0 saturated heterocycles. The Morgan fingerprint density at radius 1 is 0.310 bits per heavy atom. The molecule has 662 valence electrons. The average molecular weight is 1830 g/mol. The number of aromatic hydroxyl groups is 4. The first-order valence-electron chi connectivity index (χ1n) is 42.4. The summed E-state index contributed by atoms with van der Waals surface area (Å²) >= 11 is 23.5. The summed E-state index contributed by atoms with van der Waals surface area (Å²) in [7, 11) is 0. The molecular formula is C108H107Cl2N5O10S4. The zero-order valence-corrected chi connectivity index (χ0v) is 80.2. The Labute approximate surface area is 785 Å². The molecule has 0 radical (unpaired) electrons. The van der Waals surface area contributed by atoms with E-state index in [1.807, 2.05) is 146 Å². The Bertz CT molecular complexity index is 6230. The van der Waals surface area contributed by atoms with E-state index in [4.69, 9.17) is 28.9 Å². The normalized spacial score (nSPS) is 12.6. The van der Waals surface area contributed by atoms with E-state index in [2.05, 4.69) is 212 Å². The molecule has 13 aromatic rings. The van der Waals surface area contributed by atoms with Crippen molar-refractivity contribution in [1.82, 2.24) is 0 Å². The molecule has 13 aromatic carbocycles. The SMILES string of the molecule is CC(C)(C)c1ccc(N)cc1.CC(C)(C)c1ccc(Nc2ccc(Nc3ccc(C(C)(C)C)cc3)c3c2C(=O)c2c(O)ccc(O)c2C3=O)cc1.CCSc1cccc(Sc2ccc(CC)c3c2C(=O)c2c(Nc4ccc(C(C)(C)C)cc4)ccc(Nc4ccc(C(C)(C)C)cc4)c2C3=O)c1.O=C1c2c(O)ccc(O)c2C(=O)c2c(Cl)ccc(Cl)c21.Sc1cccc(S)c1. The van der Waals surface area contributed by atoms with Crippen LogP contribution in [-0.2, 0) is 33.5 Å². The van der Waals surface area contributed by atoms with E-state index < -0.39 is 34.6 Å². The van der Waals surface area contributed by atoms with Crippen molar-refractivity contribution in [3.63, 3.8) is 0 Å². The van der Waals surface area contributed by atoms with Crippen molar-refractivity contribution in [2.24, 2.45) is 0 Å². The van der Waals surface area contributed by atoms with Crippen LogP contribution in [0.4, 0.5) is 51.2 Å². The van der Waals surface area contributed by atoms with Gasteiger partial charge in [-0.2, -0.15) is 0 Å². The standard InChI is InChI=1S/C44H46N2O2S2.C34H34N2O4.C14H6Cl2O4.C10H15N.C6H6S2/c1-9-27-14-25-36(50-33-13-11-12-32(26-33)49-10-2)40-37(27)41(47)38-34(45-30-19-15-28(16-20-30)43(3,4)5)23-24-35(39(38)42(40)48)46-31-21-17-29(18-22-31)44(6,7)8;1-33(2,3)19-7-11-21(12-8-19)35-23-15-16-24(36-22-13-9-20(10-14-22)34(4,5)6)28-27(23)31(39)29-25(37)17-18-26(38)30(29)32(28)40;15-5-1-2-6(16)10-9(5)13(19)11-7(17)3-4-8(18)12(11)14(10)20;1-10(2,3)8-4-6-9(11)7-5-8;7-5-2-1-3-6(8)4-5/h11-26,45-46H,9-10H2,1-8H3;7-18,35-38H,1-6H3;1-4,17-18H;4-7H,11H2,1-3H3;1-4,7-8H. The Balaban J connectivity index is 0.000000167. The Morgan fingerprint density at radius 3 is 0.876 bits per heavy atom. The van der Waals surface area contributed by atoms with Crippen LogP contribution >= 0.6 is 72.0 Å². The molecule has 0 bridgehead atoms. The summed E-state index contributed by atoms with van der Waals surface area (Å²) < 4.78 is 0. The number of fused-ring (bicyclic) bond motifs is 6. The van der Waals surface area contributed by atoms with E-state index in [0.717, 1.165) is 82.6 Å². The van der Waals surface area contributed by atoms with E-state index >= 15 is 4.79 Å². The Hall–Kier alpha value is -11.9. The van der Waals surface area contributed by atoms with Crippen molar-refractivity contribution in [1.29, 1.82) is 0 Å². The van der Waals surface area contributed by atoms with Crippen LogP contribution in [0.25, 0.3) is 0 Å². The van der Waals surface area contributed by atoms with Gasteiger partial charge in [0.05, 0.1) is 88.4 Å². The van der Waals surface area contributed by atoms with Crippen molar-refractivity contribution >= 4 is 158 Å². The van der Waals surface area contributed by atoms with Gasteiger partial charge in [0, 0.05) is 64.0 Å². The number of rotatable bonds is 13. The highest BCUT2D eigenvalue weighted by atomic mass is 35.5. The minimum atomic E-state index is -0.643. The smallest absolute Gasteiger partial charge is 0.200 e. The lowest BCUT2D eigenvalue weighted by atomic mass is 9.79. The Kier molecular flexibility index (Phi) is 29.2. The van der Waals surface area contributed by atoms with Gasteiger partial charge in [-0.1, -0.05) is 232 Å². The fourth-order valence-corrected chi connectivity index (χ4v) is 18.0. The molecule has 0 fully saturated rings. The number of halogens is 2. The number of thioether (sulfide) groups is 1. The van der Waals surface area contributed by atoms with Gasteiger partial charge in [-0.15, -0.1) is 37.0 Å². The van der Waals surface area contributed by atoms with Crippen LogP contribution in [0.1, 0.15) is 247 Å². The molecule has 3 aliphatic rings. The number of hydrogen-bond acceptors (Lipinski definition) is 19. The first-order valence-corrected chi connectivity index (χ1v) is 45.8. The quantitative estimate of drug-likeness (QED) is 0.0222. The molecule has 0 amide bonds. The molecular weight excluding hydrogens is 1730 g/mol. The number of nitrogens with two attached hydrogens (primary N) is 1. The third kappa shape index (κ3) is 21.8. The second kappa shape index (κ2) is 39.2. The van der Waals surface area contributed by atoms with Crippen LogP contribution in [0.2, 0.25) is 10.0 Å². The molecule has 0 heterocycles. The first-order chi connectivity index (χ1) is 60.7. The maximum atomic E-state index is 15.0. The minimum absolute atomic E-state index is 0.0122. The highest BCUT2D eigenvalue weighted by Crippen LogP contribution is 2.49. The minimum Gasteiger partial charge on any atom is -0.507 e. The maximum Gasteiger partial charge on any atom is 0.200 e. The number of nitrogen functional groups attached to an aromatic ring is 1. The van der Waals surface area contributed by atoms with Gasteiger partial charge in [-0.25, -0.2) is 0 Å². The predicted molar refractivity (Wildman–Crippen MR) is 536 cm³/mol. The molecule has 0 atom stereocenters. The second-order valence-corrected chi connectivity index (χ2v) is 41.1. The summed E-state index contributed by atoms with van der Waals surface area (Å²) in [5.74, 6) is -3.16. The monoisotopic (exact) mass is 1830 g/mol. The lowest BCUT2D eigenvalue weighted by Gasteiger charge is -2.27. The molecule has 0 aliphatic heterocycles. The molecule has 21 heteroatoms. The topological polar surface area (TPSA) is 257 Å². The van der Waals surface area contributed by atoms with Crippen molar-refractivity contribution in [2.75, 3.05) is 32.8 Å². The molecule has 0 saturated carbocycles. The summed E-state index contributed by atoms with van der Waals surface area (Å²) in [6.45, 7) is 36.7. The number of benzene rings is 13. The summed E-state index contributed by atoms with van der Waals surface area (Å²) in [5.41, 5.74) is 19.9. The fourth-order valence-electron chi connectivity index (χ4n) is 15.1. The zero-order chi connectivity index (χ0) is 93.8. The zero-order valence-electron chi connectivity index (χ0n) is 75.3. The number of anilines is 9. The van der Waals surface area contributed by atoms with E-state index in [1.165, 1.54) is 45.9 Å². The molecule has 0 spiro atoms. The van der Waals surface area contributed by atoms with Crippen LogP contribution < -0.4 is 27.0 Å². The number of nitrogens with one attached hydrogen (secondary N) is 4. The summed E-state index contributed by atoms with van der Waals surface area (Å²) in [5, 5.41) is 54.5.